The van der Waals surface area contributed by atoms with Gasteiger partial charge in [0.1, 0.15) is 11.8 Å². The summed E-state index contributed by atoms with van der Waals surface area (Å²) in [5.41, 5.74) is 2.85. The number of methoxy groups -OCH3 is 1. The summed E-state index contributed by atoms with van der Waals surface area (Å²) in [4.78, 5) is 42.2. The van der Waals surface area contributed by atoms with E-state index in [1.165, 1.54) is 0 Å². The highest BCUT2D eigenvalue weighted by Gasteiger charge is 2.32. The largest absolute Gasteiger partial charge is 0.495 e. The number of benzene rings is 2. The average molecular weight is 481 g/mol. The molecule has 1 aromatic heterocycles. The second kappa shape index (κ2) is 10.5. The number of carboxylic acid groups (broad SMARTS) is 2. The van der Waals surface area contributed by atoms with E-state index < -0.39 is 23.9 Å². The van der Waals surface area contributed by atoms with Crippen molar-refractivity contribution in [3.63, 3.8) is 0 Å². The van der Waals surface area contributed by atoms with Gasteiger partial charge in [-0.15, -0.1) is 0 Å². The molecular weight excluding hydrogens is 452 g/mol. The summed E-state index contributed by atoms with van der Waals surface area (Å²) in [5.74, 6) is -1.57. The summed E-state index contributed by atoms with van der Waals surface area (Å²) in [6, 6.07) is 12.2. The first-order valence-electron chi connectivity index (χ1n) is 11.3. The number of rotatable bonds is 9. The smallest absolute Gasteiger partial charge is 0.325 e. The molecule has 10 heteroatoms. The van der Waals surface area contributed by atoms with Crippen molar-refractivity contribution in [3.8, 4) is 5.75 Å². The Balaban J connectivity index is 1.49. The molecule has 184 valence electrons. The molecular formula is C25H28N4O6. The number of carbonyl (C=O) groups excluding carboxylic acids is 1. The topological polar surface area (TPSA) is 135 Å². The maximum Gasteiger partial charge on any atom is 0.325 e. The number of amides is 1. The molecule has 35 heavy (non-hydrogen) atoms. The first kappa shape index (κ1) is 24.1. The SMILES string of the molecule is COc1ccccc1N1CCN([C@@H](C(=O)O)c2c[nH]c3cc(NC(=O)CCC(=O)O)ccc23)CC1. The molecule has 1 atom stereocenters. The molecule has 1 fully saturated rings. The van der Waals surface area contributed by atoms with Gasteiger partial charge in [0.05, 0.1) is 19.2 Å². The zero-order valence-electron chi connectivity index (χ0n) is 19.4. The summed E-state index contributed by atoms with van der Waals surface area (Å²) in [5, 5.41) is 22.3. The molecule has 2 heterocycles. The second-order valence-corrected chi connectivity index (χ2v) is 8.38. The number of para-hydroxylation sites is 2. The summed E-state index contributed by atoms with van der Waals surface area (Å²) in [6.45, 7) is 2.47. The van der Waals surface area contributed by atoms with E-state index in [0.717, 1.165) is 16.8 Å². The zero-order valence-corrected chi connectivity index (χ0v) is 19.4. The predicted octanol–water partition coefficient (Wildman–Crippen LogP) is 2.93. The third kappa shape index (κ3) is 5.38. The number of carbonyl (C=O) groups is 3. The van der Waals surface area contributed by atoms with Crippen molar-refractivity contribution in [2.45, 2.75) is 18.9 Å². The number of anilines is 2. The lowest BCUT2D eigenvalue weighted by atomic mass is 10.0. The van der Waals surface area contributed by atoms with Gasteiger partial charge in [-0.25, -0.2) is 0 Å². The average Bonchev–Trinajstić information content (AvgIpc) is 3.26. The number of piperazine rings is 1. The Bertz CT molecular complexity index is 1230. The molecule has 0 bridgehead atoms. The number of hydrogen-bond acceptors (Lipinski definition) is 6. The van der Waals surface area contributed by atoms with Gasteiger partial charge >= 0.3 is 11.9 Å². The summed E-state index contributed by atoms with van der Waals surface area (Å²) in [6.07, 6.45) is 1.34. The molecule has 0 unspecified atom stereocenters. The number of ether oxygens (including phenoxy) is 1. The van der Waals surface area contributed by atoms with Gasteiger partial charge in [0, 0.05) is 61.0 Å². The van der Waals surface area contributed by atoms with Crippen LogP contribution in [0, 0.1) is 0 Å². The van der Waals surface area contributed by atoms with Gasteiger partial charge in [0.15, 0.2) is 0 Å². The van der Waals surface area contributed by atoms with Gasteiger partial charge in [-0.1, -0.05) is 18.2 Å². The lowest BCUT2D eigenvalue weighted by molar-refractivity contribution is -0.143. The minimum Gasteiger partial charge on any atom is -0.495 e. The van der Waals surface area contributed by atoms with Crippen LogP contribution in [-0.2, 0) is 14.4 Å². The van der Waals surface area contributed by atoms with Crippen LogP contribution in [0.2, 0.25) is 0 Å². The summed E-state index contributed by atoms with van der Waals surface area (Å²) in [7, 11) is 1.64. The number of H-pyrrole nitrogens is 1. The molecule has 0 spiro atoms. The molecule has 0 radical (unpaired) electrons. The van der Waals surface area contributed by atoms with Gasteiger partial charge in [-0.2, -0.15) is 0 Å². The van der Waals surface area contributed by atoms with Crippen LogP contribution >= 0.6 is 0 Å². The second-order valence-electron chi connectivity index (χ2n) is 8.38. The van der Waals surface area contributed by atoms with Crippen LogP contribution in [0.15, 0.2) is 48.7 Å². The van der Waals surface area contributed by atoms with Crippen LogP contribution in [0.1, 0.15) is 24.4 Å². The number of carboxylic acids is 2. The van der Waals surface area contributed by atoms with Crippen LogP contribution in [0.5, 0.6) is 5.75 Å². The van der Waals surface area contributed by atoms with E-state index in [9.17, 15) is 19.5 Å². The Kier molecular flexibility index (Phi) is 7.21. The number of fused-ring (bicyclic) bond motifs is 1. The number of aromatic amines is 1. The van der Waals surface area contributed by atoms with Gasteiger partial charge in [-0.05, 0) is 24.3 Å². The molecule has 2 aromatic carbocycles. The van der Waals surface area contributed by atoms with Gasteiger partial charge < -0.3 is 30.2 Å². The van der Waals surface area contributed by atoms with E-state index in [2.05, 4.69) is 15.2 Å². The van der Waals surface area contributed by atoms with Crippen LogP contribution in [0.4, 0.5) is 11.4 Å². The number of aromatic nitrogens is 1. The monoisotopic (exact) mass is 480 g/mol. The van der Waals surface area contributed by atoms with Crippen molar-refractivity contribution in [1.29, 1.82) is 0 Å². The molecule has 3 aromatic rings. The number of aliphatic carboxylic acids is 2. The quantitative estimate of drug-likeness (QED) is 0.367. The maximum absolute atomic E-state index is 12.3. The van der Waals surface area contributed by atoms with Crippen LogP contribution < -0.4 is 15.0 Å². The third-order valence-electron chi connectivity index (χ3n) is 6.20. The molecule has 1 saturated heterocycles. The fraction of sp³-hybridized carbons (Fsp3) is 0.320. The highest BCUT2D eigenvalue weighted by molar-refractivity contribution is 5.96. The highest BCUT2D eigenvalue weighted by atomic mass is 16.5. The predicted molar refractivity (Wildman–Crippen MR) is 131 cm³/mol. The number of nitrogens with zero attached hydrogens (tertiary/aromatic N) is 2. The zero-order chi connectivity index (χ0) is 24.9. The van der Waals surface area contributed by atoms with Gasteiger partial charge in [0.2, 0.25) is 5.91 Å². The summed E-state index contributed by atoms with van der Waals surface area (Å²) >= 11 is 0. The standard InChI is InChI=1S/C25H28N4O6/c1-35-21-5-3-2-4-20(21)28-10-12-29(13-11-28)24(25(33)34)18-15-26-19-14-16(6-7-17(18)19)27-22(30)8-9-23(31)32/h2-7,14-15,24,26H,8-13H2,1H3,(H,27,30)(H,31,32)(H,33,34)/t24-/m1/s1. The van der Waals surface area contributed by atoms with Crippen molar-refractivity contribution in [3.05, 3.63) is 54.2 Å². The molecule has 4 N–H and O–H groups in total. The Morgan fingerprint density at radius 2 is 1.80 bits per heavy atom. The number of nitrogens with one attached hydrogen (secondary N) is 2. The molecule has 1 aliphatic rings. The number of hydrogen-bond donors (Lipinski definition) is 4. The lowest BCUT2D eigenvalue weighted by Crippen LogP contribution is -2.49. The van der Waals surface area contributed by atoms with Crippen LogP contribution in [-0.4, -0.2) is 71.2 Å². The fourth-order valence-electron chi connectivity index (χ4n) is 4.49. The van der Waals surface area contributed by atoms with Crippen molar-refractivity contribution >= 4 is 40.1 Å². The van der Waals surface area contributed by atoms with Crippen molar-refractivity contribution in [2.75, 3.05) is 43.5 Å². The Labute approximate surface area is 202 Å². The highest BCUT2D eigenvalue weighted by Crippen LogP contribution is 2.33. The molecule has 1 aliphatic heterocycles. The molecule has 4 rings (SSSR count). The molecule has 0 saturated carbocycles. The molecule has 0 aliphatic carbocycles. The van der Waals surface area contributed by atoms with E-state index in [-0.39, 0.29) is 12.8 Å². The first-order valence-corrected chi connectivity index (χ1v) is 11.3. The van der Waals surface area contributed by atoms with E-state index in [0.29, 0.717) is 42.9 Å². The van der Waals surface area contributed by atoms with E-state index in [4.69, 9.17) is 9.84 Å². The minimum atomic E-state index is -1.03. The van der Waals surface area contributed by atoms with E-state index >= 15 is 0 Å². The Hall–Kier alpha value is -4.05. The molecule has 10 nitrogen and oxygen atoms in total. The van der Waals surface area contributed by atoms with E-state index in [1.54, 1.807) is 31.5 Å². The fourth-order valence-corrected chi connectivity index (χ4v) is 4.49. The maximum atomic E-state index is 12.3. The van der Waals surface area contributed by atoms with Crippen molar-refractivity contribution in [1.82, 2.24) is 9.88 Å². The van der Waals surface area contributed by atoms with Crippen molar-refractivity contribution in [2.24, 2.45) is 0 Å². The van der Waals surface area contributed by atoms with E-state index in [1.807, 2.05) is 29.2 Å². The van der Waals surface area contributed by atoms with Crippen molar-refractivity contribution < 1.29 is 29.3 Å². The van der Waals surface area contributed by atoms with Crippen LogP contribution in [0.25, 0.3) is 10.9 Å². The van der Waals surface area contributed by atoms with Crippen LogP contribution in [0.3, 0.4) is 0 Å². The summed E-state index contributed by atoms with van der Waals surface area (Å²) < 4.78 is 5.47. The third-order valence-corrected chi connectivity index (χ3v) is 6.20. The van der Waals surface area contributed by atoms with Gasteiger partial charge in [-0.3, -0.25) is 19.3 Å². The normalized spacial score (nSPS) is 15.1. The Morgan fingerprint density at radius 3 is 2.49 bits per heavy atom. The first-order chi connectivity index (χ1) is 16.9. The van der Waals surface area contributed by atoms with Gasteiger partial charge in [0.25, 0.3) is 0 Å². The molecule has 1 amide bonds. The lowest BCUT2D eigenvalue weighted by Gasteiger charge is -2.39. The minimum absolute atomic E-state index is 0.120. The Morgan fingerprint density at radius 1 is 1.06 bits per heavy atom.